The first-order valence-electron chi connectivity index (χ1n) is 10.2. The largest absolute Gasteiger partial charge is 0.337 e. The van der Waals surface area contributed by atoms with Crippen molar-refractivity contribution in [2.75, 3.05) is 32.7 Å². The molecule has 1 saturated carbocycles. The third-order valence-electron chi connectivity index (χ3n) is 5.87. The van der Waals surface area contributed by atoms with Crippen LogP contribution in [-0.2, 0) is 11.3 Å². The Morgan fingerprint density at radius 1 is 1.21 bits per heavy atom. The van der Waals surface area contributed by atoms with Gasteiger partial charge in [-0.25, -0.2) is 4.98 Å². The van der Waals surface area contributed by atoms with Gasteiger partial charge in [-0.15, -0.1) is 11.3 Å². The fourth-order valence-corrected chi connectivity index (χ4v) is 4.97. The van der Waals surface area contributed by atoms with Crippen LogP contribution in [0.4, 0.5) is 0 Å². The Hall–Kier alpha value is -2.28. The minimum Gasteiger partial charge on any atom is -0.337 e. The van der Waals surface area contributed by atoms with Crippen molar-refractivity contribution >= 4 is 22.2 Å². The van der Waals surface area contributed by atoms with Crippen LogP contribution < -0.4 is 10.9 Å². The van der Waals surface area contributed by atoms with Crippen LogP contribution >= 0.6 is 11.3 Å². The third kappa shape index (κ3) is 4.66. The van der Waals surface area contributed by atoms with Crippen LogP contribution in [0.5, 0.6) is 0 Å². The van der Waals surface area contributed by atoms with Gasteiger partial charge in [-0.2, -0.15) is 5.26 Å². The van der Waals surface area contributed by atoms with Crippen molar-refractivity contribution in [3.8, 4) is 6.07 Å². The predicted octanol–water partition coefficient (Wildman–Crippen LogP) is 1.22. The summed E-state index contributed by atoms with van der Waals surface area (Å²) in [5.41, 5.74) is 0.0738. The van der Waals surface area contributed by atoms with Crippen molar-refractivity contribution < 1.29 is 4.79 Å². The Bertz CT molecular complexity index is 963. The van der Waals surface area contributed by atoms with Gasteiger partial charge in [0.1, 0.15) is 5.54 Å². The minimum atomic E-state index is -0.669. The highest BCUT2D eigenvalue weighted by Gasteiger charge is 2.34. The second kappa shape index (κ2) is 8.61. The zero-order valence-corrected chi connectivity index (χ0v) is 17.3. The summed E-state index contributed by atoms with van der Waals surface area (Å²) >= 11 is 1.46. The van der Waals surface area contributed by atoms with E-state index in [4.69, 9.17) is 0 Å². The van der Waals surface area contributed by atoms with E-state index in [-0.39, 0.29) is 11.5 Å². The molecule has 1 aliphatic carbocycles. The van der Waals surface area contributed by atoms with E-state index in [0.717, 1.165) is 68.9 Å². The van der Waals surface area contributed by atoms with Gasteiger partial charge in [0, 0.05) is 50.4 Å². The van der Waals surface area contributed by atoms with E-state index in [1.165, 1.54) is 11.3 Å². The van der Waals surface area contributed by atoms with E-state index in [1.807, 2.05) is 5.38 Å². The lowest BCUT2D eigenvalue weighted by atomic mass is 9.83. The molecule has 1 aliphatic heterocycles. The number of carbonyl (C=O) groups excluding carboxylic acids is 1. The maximum atomic E-state index is 12.5. The highest BCUT2D eigenvalue weighted by Crippen LogP contribution is 2.27. The zero-order chi connectivity index (χ0) is 20.3. The molecule has 29 heavy (non-hydrogen) atoms. The zero-order valence-electron chi connectivity index (χ0n) is 16.5. The summed E-state index contributed by atoms with van der Waals surface area (Å²) in [7, 11) is 0. The van der Waals surface area contributed by atoms with E-state index in [1.54, 1.807) is 16.7 Å². The Labute approximate surface area is 173 Å². The van der Waals surface area contributed by atoms with Gasteiger partial charge < -0.3 is 5.32 Å². The molecule has 1 saturated heterocycles. The maximum Gasteiger partial charge on any atom is 0.258 e. The van der Waals surface area contributed by atoms with Gasteiger partial charge in [-0.1, -0.05) is 19.3 Å². The van der Waals surface area contributed by atoms with Crippen LogP contribution in [0.15, 0.2) is 22.4 Å². The summed E-state index contributed by atoms with van der Waals surface area (Å²) in [5.74, 6) is -0.0558. The van der Waals surface area contributed by atoms with Crippen LogP contribution in [0.25, 0.3) is 4.96 Å². The second-order valence-electron chi connectivity index (χ2n) is 8.00. The number of fused-ring (bicyclic) bond motifs is 1. The molecule has 8 nitrogen and oxygen atoms in total. The first-order chi connectivity index (χ1) is 14.1. The summed E-state index contributed by atoms with van der Waals surface area (Å²) < 4.78 is 1.56. The van der Waals surface area contributed by atoms with Crippen LogP contribution in [0.2, 0.25) is 0 Å². The molecular weight excluding hydrogens is 388 g/mol. The number of amides is 1. The van der Waals surface area contributed by atoms with Crippen LogP contribution in [0.3, 0.4) is 0 Å². The molecule has 1 amide bonds. The number of carbonyl (C=O) groups is 1. The van der Waals surface area contributed by atoms with Crippen molar-refractivity contribution in [3.63, 3.8) is 0 Å². The van der Waals surface area contributed by atoms with Crippen LogP contribution in [0.1, 0.15) is 37.8 Å². The van der Waals surface area contributed by atoms with E-state index in [2.05, 4.69) is 26.2 Å². The molecule has 0 unspecified atom stereocenters. The summed E-state index contributed by atoms with van der Waals surface area (Å²) in [4.78, 5) is 34.3. The molecular formula is C20H26N6O2S. The van der Waals surface area contributed by atoms with Crippen LogP contribution in [0, 0.1) is 11.3 Å². The minimum absolute atomic E-state index is 0.0457. The number of aromatic nitrogens is 2. The fraction of sp³-hybridized carbons (Fsp3) is 0.600. The van der Waals surface area contributed by atoms with E-state index in [9.17, 15) is 14.9 Å². The van der Waals surface area contributed by atoms with Gasteiger partial charge >= 0.3 is 0 Å². The lowest BCUT2D eigenvalue weighted by Crippen LogP contribution is -2.54. The number of nitriles is 1. The molecule has 0 radical (unpaired) electrons. The van der Waals surface area contributed by atoms with Gasteiger partial charge in [0.25, 0.3) is 5.56 Å². The first-order valence-corrected chi connectivity index (χ1v) is 11.1. The maximum absolute atomic E-state index is 12.5. The molecule has 2 fully saturated rings. The van der Waals surface area contributed by atoms with Crippen molar-refractivity contribution in [1.29, 1.82) is 5.26 Å². The number of hydrogen-bond acceptors (Lipinski definition) is 7. The topological polar surface area (TPSA) is 93.7 Å². The summed E-state index contributed by atoms with van der Waals surface area (Å²) in [6.45, 7) is 4.18. The van der Waals surface area contributed by atoms with E-state index >= 15 is 0 Å². The van der Waals surface area contributed by atoms with Crippen molar-refractivity contribution in [2.24, 2.45) is 0 Å². The van der Waals surface area contributed by atoms with Crippen molar-refractivity contribution in [3.05, 3.63) is 33.7 Å². The normalized spacial score (nSPS) is 20.4. The lowest BCUT2D eigenvalue weighted by Gasteiger charge is -2.36. The molecule has 1 N–H and O–H groups in total. The lowest BCUT2D eigenvalue weighted by molar-refractivity contribution is -0.124. The molecule has 154 valence electrons. The average molecular weight is 415 g/mol. The molecule has 0 aromatic carbocycles. The number of hydrogen-bond donors (Lipinski definition) is 1. The number of nitrogens with zero attached hydrogens (tertiary/aromatic N) is 5. The smallest absolute Gasteiger partial charge is 0.258 e. The van der Waals surface area contributed by atoms with Gasteiger partial charge in [-0.3, -0.25) is 23.8 Å². The third-order valence-corrected chi connectivity index (χ3v) is 6.63. The van der Waals surface area contributed by atoms with Crippen molar-refractivity contribution in [2.45, 2.75) is 44.2 Å². The molecule has 3 heterocycles. The molecule has 2 aromatic heterocycles. The Morgan fingerprint density at radius 3 is 2.66 bits per heavy atom. The second-order valence-corrected chi connectivity index (χ2v) is 8.87. The molecule has 9 heteroatoms. The highest BCUT2D eigenvalue weighted by atomic mass is 32.1. The van der Waals surface area contributed by atoms with Gasteiger partial charge in [-0.05, 0) is 12.8 Å². The summed E-state index contributed by atoms with van der Waals surface area (Å²) in [5, 5.41) is 14.4. The fourth-order valence-electron chi connectivity index (χ4n) is 4.23. The number of rotatable bonds is 5. The standard InChI is InChI=1S/C20H26N6O2S/c21-15-20(4-2-1-3-5-20)23-17(27)14-25-8-6-24(7-9-25)13-16-12-18(28)26-10-11-29-19(26)22-16/h10-12H,1-9,13-14H2,(H,23,27). The van der Waals surface area contributed by atoms with Gasteiger partial charge in [0.05, 0.1) is 18.3 Å². The van der Waals surface area contributed by atoms with Gasteiger partial charge in [0.2, 0.25) is 5.91 Å². The summed E-state index contributed by atoms with van der Waals surface area (Å²) in [6, 6.07) is 3.95. The average Bonchev–Trinajstić information content (AvgIpc) is 3.19. The highest BCUT2D eigenvalue weighted by molar-refractivity contribution is 7.15. The number of thiazole rings is 1. The first kappa shape index (κ1) is 20.0. The molecule has 2 aliphatic rings. The van der Waals surface area contributed by atoms with Gasteiger partial charge in [0.15, 0.2) is 4.96 Å². The summed E-state index contributed by atoms with van der Waals surface area (Å²) in [6.07, 6.45) is 6.40. The quantitative estimate of drug-likeness (QED) is 0.791. The van der Waals surface area contributed by atoms with Crippen LogP contribution in [-0.4, -0.2) is 63.4 Å². The molecule has 4 rings (SSSR count). The Morgan fingerprint density at radius 2 is 1.93 bits per heavy atom. The monoisotopic (exact) mass is 414 g/mol. The van der Waals surface area contributed by atoms with E-state index < -0.39 is 5.54 Å². The Balaban J connectivity index is 1.27. The molecule has 2 aromatic rings. The molecule has 0 spiro atoms. The number of nitrogens with one attached hydrogen (secondary N) is 1. The van der Waals surface area contributed by atoms with Crippen molar-refractivity contribution in [1.82, 2.24) is 24.5 Å². The predicted molar refractivity (Wildman–Crippen MR) is 111 cm³/mol. The number of piperazine rings is 1. The Kier molecular flexibility index (Phi) is 5.94. The molecule has 0 atom stereocenters. The van der Waals surface area contributed by atoms with E-state index in [0.29, 0.717) is 13.1 Å². The SMILES string of the molecule is N#CC1(NC(=O)CN2CCN(Cc3cc(=O)n4ccsc4n3)CC2)CCCCC1. The molecule has 0 bridgehead atoms.